The zero-order valence-corrected chi connectivity index (χ0v) is 9.97. The van der Waals surface area contributed by atoms with Gasteiger partial charge in [-0.1, -0.05) is 6.92 Å². The van der Waals surface area contributed by atoms with Gasteiger partial charge < -0.3 is 15.3 Å². The maximum atomic E-state index is 11.5. The van der Waals surface area contributed by atoms with E-state index in [1.807, 2.05) is 0 Å². The summed E-state index contributed by atoms with van der Waals surface area (Å²) in [6.07, 6.45) is 0. The van der Waals surface area contributed by atoms with Crippen LogP contribution in [0.5, 0.6) is 0 Å². The van der Waals surface area contributed by atoms with E-state index in [4.69, 9.17) is 5.11 Å². The van der Waals surface area contributed by atoms with E-state index in [1.165, 1.54) is 11.9 Å². The summed E-state index contributed by atoms with van der Waals surface area (Å²) < 4.78 is 0. The summed E-state index contributed by atoms with van der Waals surface area (Å²) in [7, 11) is 1.51. The van der Waals surface area contributed by atoms with Crippen molar-refractivity contribution in [1.29, 1.82) is 0 Å². The summed E-state index contributed by atoms with van der Waals surface area (Å²) in [5.41, 5.74) is 0. The summed E-state index contributed by atoms with van der Waals surface area (Å²) in [4.78, 5) is 36.5. The molecule has 17 heavy (non-hydrogen) atoms. The van der Waals surface area contributed by atoms with Crippen LogP contribution in [0.1, 0.15) is 6.92 Å². The fraction of sp³-hybridized carbons (Fsp3) is 0.700. The van der Waals surface area contributed by atoms with Crippen LogP contribution in [0.3, 0.4) is 0 Å². The van der Waals surface area contributed by atoms with Crippen molar-refractivity contribution in [2.24, 2.45) is 5.92 Å². The van der Waals surface area contributed by atoms with Crippen molar-refractivity contribution >= 4 is 17.8 Å². The lowest BCUT2D eigenvalue weighted by Gasteiger charge is -2.15. The molecule has 1 fully saturated rings. The van der Waals surface area contributed by atoms with Crippen LogP contribution < -0.4 is 5.32 Å². The van der Waals surface area contributed by atoms with Crippen molar-refractivity contribution < 1.29 is 19.5 Å². The molecule has 1 unspecified atom stereocenters. The van der Waals surface area contributed by atoms with E-state index in [0.717, 1.165) is 4.90 Å². The molecular formula is C10H17N3O4. The molecule has 0 aromatic rings. The minimum atomic E-state index is -0.458. The lowest BCUT2D eigenvalue weighted by molar-refractivity contribution is -0.130. The number of carbonyl (C=O) groups is 3. The number of hydrogen-bond donors (Lipinski definition) is 2. The van der Waals surface area contributed by atoms with Gasteiger partial charge in [-0.2, -0.15) is 0 Å². The van der Waals surface area contributed by atoms with E-state index < -0.39 is 11.9 Å². The predicted molar refractivity (Wildman–Crippen MR) is 59.0 cm³/mol. The number of rotatable bonds is 5. The van der Waals surface area contributed by atoms with Crippen molar-refractivity contribution in [1.82, 2.24) is 15.1 Å². The number of imide groups is 1. The average Bonchev–Trinajstić information content (AvgIpc) is 2.53. The van der Waals surface area contributed by atoms with Gasteiger partial charge in [-0.3, -0.25) is 14.5 Å². The minimum Gasteiger partial charge on any atom is -0.396 e. The number of nitrogens with zero attached hydrogens (tertiary/aromatic N) is 2. The highest BCUT2D eigenvalue weighted by atomic mass is 16.3. The zero-order chi connectivity index (χ0) is 13.0. The summed E-state index contributed by atoms with van der Waals surface area (Å²) in [6, 6.07) is -0.458. The molecule has 1 heterocycles. The van der Waals surface area contributed by atoms with Gasteiger partial charge in [-0.15, -0.1) is 0 Å². The van der Waals surface area contributed by atoms with E-state index in [-0.39, 0.29) is 31.5 Å². The van der Waals surface area contributed by atoms with Crippen LogP contribution >= 0.6 is 0 Å². The van der Waals surface area contributed by atoms with Gasteiger partial charge in [0.25, 0.3) is 5.91 Å². The Morgan fingerprint density at radius 1 is 1.53 bits per heavy atom. The monoisotopic (exact) mass is 243 g/mol. The van der Waals surface area contributed by atoms with Crippen LogP contribution in [-0.2, 0) is 9.59 Å². The molecule has 1 aliphatic heterocycles. The first kappa shape index (κ1) is 13.4. The third-order valence-electron chi connectivity index (χ3n) is 2.49. The molecule has 7 nitrogen and oxygen atoms in total. The van der Waals surface area contributed by atoms with Crippen LogP contribution in [0, 0.1) is 5.92 Å². The summed E-state index contributed by atoms with van der Waals surface area (Å²) >= 11 is 0. The highest BCUT2D eigenvalue weighted by Crippen LogP contribution is 2.06. The molecule has 0 bridgehead atoms. The fourth-order valence-electron chi connectivity index (χ4n) is 1.38. The number of amides is 4. The molecular weight excluding hydrogens is 226 g/mol. The van der Waals surface area contributed by atoms with Crippen molar-refractivity contribution in [3.8, 4) is 0 Å². The van der Waals surface area contributed by atoms with E-state index in [2.05, 4.69) is 5.32 Å². The Bertz CT molecular complexity index is 332. The standard InChI is InChI=1S/C10H17N3O4/c1-7(6-14)3-11-8(15)4-13-9(16)5-12(2)10(13)17/h7,14H,3-6H2,1-2H3,(H,11,15). The summed E-state index contributed by atoms with van der Waals surface area (Å²) in [5, 5.41) is 11.3. The molecule has 2 N–H and O–H groups in total. The summed E-state index contributed by atoms with van der Waals surface area (Å²) in [6.45, 7) is 1.82. The van der Waals surface area contributed by atoms with Crippen LogP contribution in [0.15, 0.2) is 0 Å². The number of aliphatic hydroxyl groups excluding tert-OH is 1. The topological polar surface area (TPSA) is 89.9 Å². The Hall–Kier alpha value is -1.63. The highest BCUT2D eigenvalue weighted by molar-refractivity contribution is 6.04. The van der Waals surface area contributed by atoms with Gasteiger partial charge >= 0.3 is 6.03 Å². The zero-order valence-electron chi connectivity index (χ0n) is 9.97. The number of aliphatic hydroxyl groups is 1. The molecule has 0 aliphatic carbocycles. The van der Waals surface area contributed by atoms with Crippen molar-refractivity contribution in [2.45, 2.75) is 6.92 Å². The molecule has 4 amide bonds. The van der Waals surface area contributed by atoms with Gasteiger partial charge in [0.1, 0.15) is 13.1 Å². The second-order valence-corrected chi connectivity index (χ2v) is 4.21. The normalized spacial score (nSPS) is 17.6. The second kappa shape index (κ2) is 5.62. The Morgan fingerprint density at radius 2 is 2.18 bits per heavy atom. The third-order valence-corrected chi connectivity index (χ3v) is 2.49. The first-order valence-corrected chi connectivity index (χ1v) is 5.38. The number of nitrogens with one attached hydrogen (secondary N) is 1. The third kappa shape index (κ3) is 3.42. The van der Waals surface area contributed by atoms with Crippen molar-refractivity contribution in [3.05, 3.63) is 0 Å². The first-order chi connectivity index (χ1) is 7.95. The Kier molecular flexibility index (Phi) is 4.45. The Morgan fingerprint density at radius 3 is 2.65 bits per heavy atom. The average molecular weight is 243 g/mol. The molecule has 1 atom stereocenters. The van der Waals surface area contributed by atoms with E-state index in [1.54, 1.807) is 6.92 Å². The lowest BCUT2D eigenvalue weighted by atomic mass is 10.2. The van der Waals surface area contributed by atoms with E-state index in [9.17, 15) is 14.4 Å². The van der Waals surface area contributed by atoms with Crippen LogP contribution in [0.4, 0.5) is 4.79 Å². The van der Waals surface area contributed by atoms with Crippen LogP contribution in [0.25, 0.3) is 0 Å². The molecule has 96 valence electrons. The quantitative estimate of drug-likeness (QED) is 0.583. The second-order valence-electron chi connectivity index (χ2n) is 4.21. The number of urea groups is 1. The molecule has 1 rings (SSSR count). The highest BCUT2D eigenvalue weighted by Gasteiger charge is 2.34. The van der Waals surface area contributed by atoms with Crippen molar-refractivity contribution in [2.75, 3.05) is 33.3 Å². The predicted octanol–water partition coefficient (Wildman–Crippen LogP) is -1.37. The molecule has 0 spiro atoms. The van der Waals surface area contributed by atoms with Gasteiger partial charge in [-0.05, 0) is 5.92 Å². The lowest BCUT2D eigenvalue weighted by Crippen LogP contribution is -2.42. The van der Waals surface area contributed by atoms with Crippen LogP contribution in [-0.4, -0.2) is 66.0 Å². The maximum absolute atomic E-state index is 11.5. The smallest absolute Gasteiger partial charge is 0.327 e. The first-order valence-electron chi connectivity index (χ1n) is 5.38. The summed E-state index contributed by atoms with van der Waals surface area (Å²) in [5.74, 6) is -0.822. The van der Waals surface area contributed by atoms with E-state index >= 15 is 0 Å². The Balaban J connectivity index is 2.41. The van der Waals surface area contributed by atoms with Gasteiger partial charge in [0.2, 0.25) is 5.91 Å². The van der Waals surface area contributed by atoms with Gasteiger partial charge in [0, 0.05) is 20.2 Å². The molecule has 0 aromatic heterocycles. The largest absolute Gasteiger partial charge is 0.396 e. The Labute approximate surface area is 99.4 Å². The van der Waals surface area contributed by atoms with Gasteiger partial charge in [0.15, 0.2) is 0 Å². The molecule has 0 saturated carbocycles. The van der Waals surface area contributed by atoms with Gasteiger partial charge in [-0.25, -0.2) is 4.79 Å². The molecule has 1 saturated heterocycles. The number of likely N-dealkylation sites (N-methyl/N-ethyl adjacent to an activating group) is 1. The molecule has 0 radical (unpaired) electrons. The number of carbonyl (C=O) groups excluding carboxylic acids is 3. The van der Waals surface area contributed by atoms with Gasteiger partial charge in [0.05, 0.1) is 0 Å². The maximum Gasteiger partial charge on any atom is 0.327 e. The van der Waals surface area contributed by atoms with E-state index in [0.29, 0.717) is 6.54 Å². The SMILES string of the molecule is CC(CO)CNC(=O)CN1C(=O)CN(C)C1=O. The van der Waals surface area contributed by atoms with Crippen molar-refractivity contribution in [3.63, 3.8) is 0 Å². The molecule has 0 aromatic carbocycles. The molecule has 7 heteroatoms. The molecule has 1 aliphatic rings. The van der Waals surface area contributed by atoms with Crippen LogP contribution in [0.2, 0.25) is 0 Å². The number of hydrogen-bond acceptors (Lipinski definition) is 4. The minimum absolute atomic E-state index is 0.0131. The fourth-order valence-corrected chi connectivity index (χ4v) is 1.38.